The maximum Gasteiger partial charge on any atom is 0.337 e. The van der Waals surface area contributed by atoms with E-state index in [4.69, 9.17) is 5.11 Å². The number of fused-ring (bicyclic) bond motifs is 1. The highest BCUT2D eigenvalue weighted by Gasteiger charge is 2.14. The number of carboxylic acid groups (broad SMARTS) is 1. The zero-order valence-electron chi connectivity index (χ0n) is 10.2. The molecule has 100 valence electrons. The van der Waals surface area contributed by atoms with Crippen molar-refractivity contribution in [2.75, 3.05) is 0 Å². The summed E-state index contributed by atoms with van der Waals surface area (Å²) in [6.07, 6.45) is 1.37. The van der Waals surface area contributed by atoms with E-state index in [0.29, 0.717) is 16.5 Å². The third-order valence-electron chi connectivity index (χ3n) is 3.17. The van der Waals surface area contributed by atoms with Crippen LogP contribution < -0.4 is 0 Å². The van der Waals surface area contributed by atoms with Crippen molar-refractivity contribution < 1.29 is 18.7 Å². The molecule has 0 saturated heterocycles. The SMILES string of the molecule is O=C(O)c1c[nH]c2ccc(-c3cccc(F)c3F)cc12. The summed E-state index contributed by atoms with van der Waals surface area (Å²) in [5.74, 6) is -2.96. The number of carboxylic acids is 1. The van der Waals surface area contributed by atoms with Crippen LogP contribution in [0.1, 0.15) is 10.4 Å². The first kappa shape index (κ1) is 12.3. The molecule has 0 amide bonds. The second-order valence-electron chi connectivity index (χ2n) is 4.37. The van der Waals surface area contributed by atoms with Crippen molar-refractivity contribution in [3.8, 4) is 11.1 Å². The summed E-state index contributed by atoms with van der Waals surface area (Å²) in [6.45, 7) is 0. The zero-order valence-corrected chi connectivity index (χ0v) is 10.2. The molecule has 20 heavy (non-hydrogen) atoms. The van der Waals surface area contributed by atoms with E-state index in [-0.39, 0.29) is 11.1 Å². The number of aromatic amines is 1. The number of nitrogens with one attached hydrogen (secondary N) is 1. The minimum Gasteiger partial charge on any atom is -0.478 e. The molecule has 0 aliphatic heterocycles. The predicted octanol–water partition coefficient (Wildman–Crippen LogP) is 3.81. The number of hydrogen-bond donors (Lipinski definition) is 2. The van der Waals surface area contributed by atoms with Gasteiger partial charge in [-0.15, -0.1) is 0 Å². The number of aromatic nitrogens is 1. The Hall–Kier alpha value is -2.69. The fourth-order valence-corrected chi connectivity index (χ4v) is 2.19. The van der Waals surface area contributed by atoms with Gasteiger partial charge in [0.15, 0.2) is 11.6 Å². The molecule has 0 spiro atoms. The van der Waals surface area contributed by atoms with Gasteiger partial charge in [0.25, 0.3) is 0 Å². The van der Waals surface area contributed by atoms with Crippen molar-refractivity contribution in [3.05, 3.63) is 59.8 Å². The van der Waals surface area contributed by atoms with E-state index in [0.717, 1.165) is 6.07 Å². The van der Waals surface area contributed by atoms with Crippen LogP contribution in [0.15, 0.2) is 42.6 Å². The lowest BCUT2D eigenvalue weighted by Crippen LogP contribution is -1.94. The highest BCUT2D eigenvalue weighted by molar-refractivity contribution is 6.04. The second-order valence-corrected chi connectivity index (χ2v) is 4.37. The fourth-order valence-electron chi connectivity index (χ4n) is 2.19. The van der Waals surface area contributed by atoms with Gasteiger partial charge in [0.05, 0.1) is 5.56 Å². The van der Waals surface area contributed by atoms with Crippen LogP contribution in [0.2, 0.25) is 0 Å². The molecule has 2 aromatic carbocycles. The molecular weight excluding hydrogens is 264 g/mol. The Labute approximate surface area is 112 Å². The third-order valence-corrected chi connectivity index (χ3v) is 3.17. The largest absolute Gasteiger partial charge is 0.478 e. The number of rotatable bonds is 2. The summed E-state index contributed by atoms with van der Waals surface area (Å²) < 4.78 is 27.0. The molecule has 0 aliphatic carbocycles. The normalized spacial score (nSPS) is 10.9. The lowest BCUT2D eigenvalue weighted by molar-refractivity contribution is 0.0699. The fraction of sp³-hybridized carbons (Fsp3) is 0. The monoisotopic (exact) mass is 273 g/mol. The lowest BCUT2D eigenvalue weighted by Gasteiger charge is -2.05. The number of carbonyl (C=O) groups is 1. The summed E-state index contributed by atoms with van der Waals surface area (Å²) in [7, 11) is 0. The molecule has 5 heteroatoms. The molecule has 3 rings (SSSR count). The van der Waals surface area contributed by atoms with Crippen molar-refractivity contribution in [2.24, 2.45) is 0 Å². The summed E-state index contributed by atoms with van der Waals surface area (Å²) in [6, 6.07) is 8.69. The Morgan fingerprint density at radius 2 is 1.95 bits per heavy atom. The first-order valence-electron chi connectivity index (χ1n) is 5.87. The van der Waals surface area contributed by atoms with E-state index in [2.05, 4.69) is 4.98 Å². The average molecular weight is 273 g/mol. The van der Waals surface area contributed by atoms with Crippen LogP contribution in [-0.2, 0) is 0 Å². The molecule has 3 aromatic rings. The molecule has 1 heterocycles. The van der Waals surface area contributed by atoms with E-state index in [1.807, 2.05) is 0 Å². The topological polar surface area (TPSA) is 53.1 Å². The van der Waals surface area contributed by atoms with Crippen LogP contribution >= 0.6 is 0 Å². The van der Waals surface area contributed by atoms with E-state index in [1.54, 1.807) is 12.1 Å². The summed E-state index contributed by atoms with van der Waals surface area (Å²) in [5, 5.41) is 9.53. The maximum absolute atomic E-state index is 13.8. The van der Waals surface area contributed by atoms with E-state index >= 15 is 0 Å². The number of halogens is 2. The zero-order chi connectivity index (χ0) is 14.3. The van der Waals surface area contributed by atoms with E-state index in [9.17, 15) is 13.6 Å². The van der Waals surface area contributed by atoms with Crippen molar-refractivity contribution in [3.63, 3.8) is 0 Å². The summed E-state index contributed by atoms with van der Waals surface area (Å²) in [4.78, 5) is 13.9. The van der Waals surface area contributed by atoms with Crippen LogP contribution in [-0.4, -0.2) is 16.1 Å². The molecule has 0 saturated carbocycles. The second kappa shape index (κ2) is 4.45. The van der Waals surface area contributed by atoms with Crippen LogP contribution in [0.25, 0.3) is 22.0 Å². The molecule has 0 bridgehead atoms. The lowest BCUT2D eigenvalue weighted by atomic mass is 10.0. The van der Waals surface area contributed by atoms with Gasteiger partial charge in [-0.1, -0.05) is 18.2 Å². The maximum atomic E-state index is 13.8. The minimum absolute atomic E-state index is 0.0960. The molecule has 0 radical (unpaired) electrons. The first-order chi connectivity index (χ1) is 9.58. The van der Waals surface area contributed by atoms with Crippen molar-refractivity contribution >= 4 is 16.9 Å². The highest BCUT2D eigenvalue weighted by Crippen LogP contribution is 2.29. The van der Waals surface area contributed by atoms with Gasteiger partial charge in [0, 0.05) is 22.7 Å². The van der Waals surface area contributed by atoms with Gasteiger partial charge >= 0.3 is 5.97 Å². The minimum atomic E-state index is -1.08. The Balaban J connectivity index is 2.24. The molecule has 0 unspecified atom stereocenters. The van der Waals surface area contributed by atoms with Gasteiger partial charge in [-0.2, -0.15) is 0 Å². The Morgan fingerprint density at radius 1 is 1.15 bits per heavy atom. The quantitative estimate of drug-likeness (QED) is 0.746. The van der Waals surface area contributed by atoms with Gasteiger partial charge < -0.3 is 10.1 Å². The predicted molar refractivity (Wildman–Crippen MR) is 70.6 cm³/mol. The number of H-pyrrole nitrogens is 1. The van der Waals surface area contributed by atoms with Crippen LogP contribution in [0.5, 0.6) is 0 Å². The van der Waals surface area contributed by atoms with Gasteiger partial charge in [0.2, 0.25) is 0 Å². The van der Waals surface area contributed by atoms with Crippen molar-refractivity contribution in [1.29, 1.82) is 0 Å². The molecule has 0 fully saturated rings. The standard InChI is InChI=1S/C15H9F2NO2/c16-12-3-1-2-9(14(12)17)8-4-5-13-10(6-8)11(7-18-13)15(19)20/h1-7,18H,(H,19,20). The Kier molecular flexibility index (Phi) is 2.75. The third kappa shape index (κ3) is 1.84. The molecule has 2 N–H and O–H groups in total. The summed E-state index contributed by atoms with van der Waals surface area (Å²) >= 11 is 0. The number of aromatic carboxylic acids is 1. The van der Waals surface area contributed by atoms with Gasteiger partial charge in [-0.3, -0.25) is 0 Å². The molecule has 0 atom stereocenters. The van der Waals surface area contributed by atoms with Crippen LogP contribution in [0.3, 0.4) is 0 Å². The number of hydrogen-bond acceptors (Lipinski definition) is 1. The molecule has 0 aliphatic rings. The smallest absolute Gasteiger partial charge is 0.337 e. The number of benzene rings is 2. The van der Waals surface area contributed by atoms with Crippen molar-refractivity contribution in [1.82, 2.24) is 4.98 Å². The molecule has 3 nitrogen and oxygen atoms in total. The van der Waals surface area contributed by atoms with Gasteiger partial charge in [-0.05, 0) is 23.8 Å². The average Bonchev–Trinajstić information content (AvgIpc) is 2.85. The van der Waals surface area contributed by atoms with Gasteiger partial charge in [-0.25, -0.2) is 13.6 Å². The van der Waals surface area contributed by atoms with Crippen LogP contribution in [0, 0.1) is 11.6 Å². The Bertz CT molecular complexity index is 824. The van der Waals surface area contributed by atoms with Gasteiger partial charge in [0.1, 0.15) is 0 Å². The van der Waals surface area contributed by atoms with Crippen LogP contribution in [0.4, 0.5) is 8.78 Å². The Morgan fingerprint density at radius 3 is 2.70 bits per heavy atom. The first-order valence-corrected chi connectivity index (χ1v) is 5.87. The molecule has 1 aromatic heterocycles. The van der Waals surface area contributed by atoms with Crippen molar-refractivity contribution in [2.45, 2.75) is 0 Å². The van der Waals surface area contributed by atoms with E-state index < -0.39 is 17.6 Å². The molecular formula is C15H9F2NO2. The van der Waals surface area contributed by atoms with E-state index in [1.165, 1.54) is 24.4 Å². The highest BCUT2D eigenvalue weighted by atomic mass is 19.2. The summed E-state index contributed by atoms with van der Waals surface area (Å²) in [5.41, 5.74) is 1.25.